The maximum Gasteiger partial charge on any atom is 0.313 e. The van der Waals surface area contributed by atoms with Crippen molar-refractivity contribution in [2.75, 3.05) is 5.75 Å². The van der Waals surface area contributed by atoms with Crippen LogP contribution in [0.2, 0.25) is 0 Å². The third-order valence-corrected chi connectivity index (χ3v) is 4.91. The zero-order valence-electron chi connectivity index (χ0n) is 11.2. The van der Waals surface area contributed by atoms with Crippen LogP contribution in [0.25, 0.3) is 10.2 Å². The summed E-state index contributed by atoms with van der Waals surface area (Å²) in [7, 11) is 0. The Morgan fingerprint density at radius 1 is 1.37 bits per heavy atom. The van der Waals surface area contributed by atoms with Gasteiger partial charge in [-0.1, -0.05) is 18.7 Å². The van der Waals surface area contributed by atoms with Gasteiger partial charge in [0.1, 0.15) is 15.7 Å². The van der Waals surface area contributed by atoms with Crippen molar-refractivity contribution >= 4 is 39.3 Å². The van der Waals surface area contributed by atoms with Crippen LogP contribution in [0, 0.1) is 13.8 Å². The average molecular weight is 296 g/mol. The number of aromatic nitrogens is 2. The van der Waals surface area contributed by atoms with E-state index >= 15 is 0 Å². The first-order valence-electron chi connectivity index (χ1n) is 6.14. The lowest BCUT2D eigenvalue weighted by Crippen LogP contribution is -2.01. The fourth-order valence-corrected chi connectivity index (χ4v) is 3.76. The van der Waals surface area contributed by atoms with Crippen LogP contribution in [0.3, 0.4) is 0 Å². The van der Waals surface area contributed by atoms with Crippen LogP contribution < -0.4 is 0 Å². The lowest BCUT2D eigenvalue weighted by atomic mass is 10.2. The Hall–Kier alpha value is -1.14. The molecule has 2 aromatic rings. The summed E-state index contributed by atoms with van der Waals surface area (Å²) < 4.78 is 0. The number of thiophene rings is 1. The highest BCUT2D eigenvalue weighted by molar-refractivity contribution is 8.00. The Morgan fingerprint density at radius 2 is 2.11 bits per heavy atom. The summed E-state index contributed by atoms with van der Waals surface area (Å²) in [5.74, 6) is 0.0222. The van der Waals surface area contributed by atoms with Crippen LogP contribution in [0.4, 0.5) is 0 Å². The van der Waals surface area contributed by atoms with E-state index in [0.717, 1.165) is 39.5 Å². The normalized spacial score (nSPS) is 11.1. The highest BCUT2D eigenvalue weighted by Gasteiger charge is 2.15. The van der Waals surface area contributed by atoms with Gasteiger partial charge in [0.2, 0.25) is 0 Å². The predicted molar refractivity (Wildman–Crippen MR) is 79.2 cm³/mol. The molecule has 4 nitrogen and oxygen atoms in total. The molecule has 0 bridgehead atoms. The van der Waals surface area contributed by atoms with Gasteiger partial charge in [-0.3, -0.25) is 4.79 Å². The molecule has 102 valence electrons. The van der Waals surface area contributed by atoms with Crippen molar-refractivity contribution in [3.63, 3.8) is 0 Å². The van der Waals surface area contributed by atoms with Crippen LogP contribution in [0.5, 0.6) is 0 Å². The molecule has 0 aliphatic heterocycles. The first-order valence-corrected chi connectivity index (χ1v) is 7.94. The molecule has 0 radical (unpaired) electrons. The van der Waals surface area contributed by atoms with Gasteiger partial charge in [0.05, 0.1) is 5.75 Å². The number of aliphatic carboxylic acids is 1. The number of carboxylic acid groups (broad SMARTS) is 1. The molecule has 0 spiro atoms. The Balaban J connectivity index is 2.52. The van der Waals surface area contributed by atoms with E-state index < -0.39 is 5.97 Å². The highest BCUT2D eigenvalue weighted by atomic mass is 32.2. The van der Waals surface area contributed by atoms with Crippen molar-refractivity contribution in [1.29, 1.82) is 0 Å². The molecule has 0 atom stereocenters. The van der Waals surface area contributed by atoms with Crippen LogP contribution in [0.1, 0.15) is 29.6 Å². The third kappa shape index (κ3) is 3.06. The molecular weight excluding hydrogens is 280 g/mol. The molecule has 0 aliphatic rings. The van der Waals surface area contributed by atoms with Gasteiger partial charge in [0, 0.05) is 16.7 Å². The fraction of sp³-hybridized carbons (Fsp3) is 0.462. The van der Waals surface area contributed by atoms with Gasteiger partial charge >= 0.3 is 5.97 Å². The van der Waals surface area contributed by atoms with Crippen LogP contribution >= 0.6 is 23.1 Å². The maximum atomic E-state index is 10.7. The van der Waals surface area contributed by atoms with Crippen LogP contribution in [0.15, 0.2) is 5.03 Å². The number of hydrogen-bond acceptors (Lipinski definition) is 5. The topological polar surface area (TPSA) is 63.1 Å². The molecule has 0 unspecified atom stereocenters. The first kappa shape index (κ1) is 14.3. The van der Waals surface area contributed by atoms with Crippen molar-refractivity contribution < 1.29 is 9.90 Å². The number of rotatable bonds is 5. The Labute approximate surface area is 120 Å². The molecule has 19 heavy (non-hydrogen) atoms. The van der Waals surface area contributed by atoms with Gasteiger partial charge in [-0.15, -0.1) is 11.3 Å². The van der Waals surface area contributed by atoms with E-state index in [0.29, 0.717) is 0 Å². The number of carbonyl (C=O) groups is 1. The van der Waals surface area contributed by atoms with Crippen LogP contribution in [-0.2, 0) is 11.2 Å². The minimum Gasteiger partial charge on any atom is -0.481 e. The van der Waals surface area contributed by atoms with Gasteiger partial charge in [0.25, 0.3) is 0 Å². The molecule has 1 N–H and O–H groups in total. The molecule has 2 aromatic heterocycles. The number of carboxylic acids is 1. The van der Waals surface area contributed by atoms with Crippen molar-refractivity contribution in [3.8, 4) is 0 Å². The number of nitrogens with zero attached hydrogens (tertiary/aromatic N) is 2. The summed E-state index contributed by atoms with van der Waals surface area (Å²) >= 11 is 2.94. The SMILES string of the molecule is CCCc1nc(SCC(=O)O)c2c(C)c(C)sc2n1. The van der Waals surface area contributed by atoms with E-state index in [1.165, 1.54) is 16.6 Å². The summed E-state index contributed by atoms with van der Waals surface area (Å²) in [5.41, 5.74) is 1.16. The minimum absolute atomic E-state index is 0.0337. The summed E-state index contributed by atoms with van der Waals surface area (Å²) in [4.78, 5) is 22.1. The number of thioether (sulfide) groups is 1. The average Bonchev–Trinajstić information content (AvgIpc) is 2.62. The third-order valence-electron chi connectivity index (χ3n) is 2.85. The molecule has 2 rings (SSSR count). The van der Waals surface area contributed by atoms with Gasteiger partial charge in [-0.05, 0) is 25.8 Å². The molecule has 0 amide bonds. The van der Waals surface area contributed by atoms with Crippen molar-refractivity contribution in [3.05, 3.63) is 16.3 Å². The zero-order valence-corrected chi connectivity index (χ0v) is 12.8. The number of aryl methyl sites for hydroxylation is 3. The van der Waals surface area contributed by atoms with Gasteiger partial charge < -0.3 is 5.11 Å². The van der Waals surface area contributed by atoms with Crippen molar-refractivity contribution in [2.24, 2.45) is 0 Å². The Bertz CT molecular complexity index is 623. The van der Waals surface area contributed by atoms with E-state index in [2.05, 4.69) is 23.8 Å². The van der Waals surface area contributed by atoms with Gasteiger partial charge in [-0.2, -0.15) is 0 Å². The second kappa shape index (κ2) is 5.88. The fourth-order valence-electron chi connectivity index (χ4n) is 1.82. The quantitative estimate of drug-likeness (QED) is 0.676. The lowest BCUT2D eigenvalue weighted by Gasteiger charge is -2.05. The van der Waals surface area contributed by atoms with E-state index in [1.54, 1.807) is 11.3 Å². The molecule has 0 aromatic carbocycles. The molecule has 6 heteroatoms. The second-order valence-corrected chi connectivity index (χ2v) is 6.51. The minimum atomic E-state index is -0.821. The molecule has 0 fully saturated rings. The Kier molecular flexibility index (Phi) is 4.42. The zero-order chi connectivity index (χ0) is 14.0. The monoisotopic (exact) mass is 296 g/mol. The van der Waals surface area contributed by atoms with E-state index in [9.17, 15) is 4.79 Å². The summed E-state index contributed by atoms with van der Waals surface area (Å²) in [6.45, 7) is 6.19. The molecule has 0 saturated carbocycles. The van der Waals surface area contributed by atoms with E-state index in [1.807, 2.05) is 6.92 Å². The van der Waals surface area contributed by atoms with Crippen molar-refractivity contribution in [1.82, 2.24) is 9.97 Å². The molecule has 0 saturated heterocycles. The molecule has 2 heterocycles. The number of fused-ring (bicyclic) bond motifs is 1. The smallest absolute Gasteiger partial charge is 0.313 e. The molecule has 0 aliphatic carbocycles. The standard InChI is InChI=1S/C13H16N2O2S2/c1-4-5-9-14-12(18-6-10(16)17)11-7(2)8(3)19-13(11)15-9/h4-6H2,1-3H3,(H,16,17). The summed E-state index contributed by atoms with van der Waals surface area (Å²) in [5, 5.41) is 10.7. The predicted octanol–water partition coefficient (Wildman–Crippen LogP) is 3.44. The van der Waals surface area contributed by atoms with Crippen molar-refractivity contribution in [2.45, 2.75) is 38.6 Å². The van der Waals surface area contributed by atoms with E-state index in [-0.39, 0.29) is 5.75 Å². The van der Waals surface area contributed by atoms with Crippen LogP contribution in [-0.4, -0.2) is 26.8 Å². The maximum absolute atomic E-state index is 10.7. The largest absolute Gasteiger partial charge is 0.481 e. The van der Waals surface area contributed by atoms with E-state index in [4.69, 9.17) is 5.11 Å². The van der Waals surface area contributed by atoms with Gasteiger partial charge in [-0.25, -0.2) is 9.97 Å². The Morgan fingerprint density at radius 3 is 2.74 bits per heavy atom. The first-order chi connectivity index (χ1) is 9.02. The second-order valence-electron chi connectivity index (χ2n) is 4.34. The molecular formula is C13H16N2O2S2. The highest BCUT2D eigenvalue weighted by Crippen LogP contribution is 2.35. The van der Waals surface area contributed by atoms with Gasteiger partial charge in [0.15, 0.2) is 0 Å². The number of hydrogen-bond donors (Lipinski definition) is 1. The summed E-state index contributed by atoms with van der Waals surface area (Å²) in [6.07, 6.45) is 1.81. The lowest BCUT2D eigenvalue weighted by molar-refractivity contribution is -0.133. The summed E-state index contributed by atoms with van der Waals surface area (Å²) in [6, 6.07) is 0.